The number of carbonyl (C=O) groups excluding carboxylic acids is 1. The largest absolute Gasteiger partial charge is 0.327 e. The van der Waals surface area contributed by atoms with Gasteiger partial charge in [-0.15, -0.1) is 0 Å². The number of carbonyl (C=O) groups is 1. The molecule has 5 rings (SSSR count). The van der Waals surface area contributed by atoms with Crippen molar-refractivity contribution in [1.29, 1.82) is 0 Å². The highest BCUT2D eigenvalue weighted by molar-refractivity contribution is 6.34. The molecule has 0 aliphatic carbocycles. The number of hydrogen-bond acceptors (Lipinski definition) is 6. The molecule has 0 saturated heterocycles. The number of halogens is 1. The van der Waals surface area contributed by atoms with E-state index in [9.17, 15) is 19.7 Å². The Labute approximate surface area is 241 Å². The Morgan fingerprint density at radius 2 is 1.68 bits per heavy atom. The first-order valence-electron chi connectivity index (χ1n) is 13.1. The van der Waals surface area contributed by atoms with Crippen molar-refractivity contribution in [3.8, 4) is 5.69 Å². The van der Waals surface area contributed by atoms with Crippen LogP contribution in [0.2, 0.25) is 5.02 Å². The fourth-order valence-corrected chi connectivity index (χ4v) is 5.12. The van der Waals surface area contributed by atoms with Crippen LogP contribution in [0.25, 0.3) is 27.4 Å². The number of rotatable bonds is 8. The first-order chi connectivity index (χ1) is 19.7. The summed E-state index contributed by atoms with van der Waals surface area (Å²) in [6.45, 7) is 2.64. The van der Waals surface area contributed by atoms with E-state index in [0.717, 1.165) is 10.8 Å². The van der Waals surface area contributed by atoms with E-state index in [-0.39, 0.29) is 21.8 Å². The van der Waals surface area contributed by atoms with E-state index in [1.807, 2.05) is 74.4 Å². The third-order valence-electron chi connectivity index (χ3n) is 7.08. The summed E-state index contributed by atoms with van der Waals surface area (Å²) >= 11 is 6.38. The second-order valence-corrected chi connectivity index (χ2v) is 10.5. The fourth-order valence-electron chi connectivity index (χ4n) is 4.86. The summed E-state index contributed by atoms with van der Waals surface area (Å²) in [6.07, 6.45) is 0. The number of fused-ring (bicyclic) bond motifs is 2. The van der Waals surface area contributed by atoms with Crippen LogP contribution in [0.4, 0.5) is 5.69 Å². The highest BCUT2D eigenvalue weighted by atomic mass is 35.5. The second kappa shape index (κ2) is 11.5. The highest BCUT2D eigenvalue weighted by Crippen LogP contribution is 2.29. The maximum absolute atomic E-state index is 14.0. The van der Waals surface area contributed by atoms with Gasteiger partial charge in [-0.25, -0.2) is 4.98 Å². The van der Waals surface area contributed by atoms with Gasteiger partial charge in [-0.3, -0.25) is 24.3 Å². The molecule has 0 radical (unpaired) electrons. The summed E-state index contributed by atoms with van der Waals surface area (Å²) in [5.41, 5.74) is 0.817. The molecule has 1 amide bonds. The van der Waals surface area contributed by atoms with Gasteiger partial charge in [-0.2, -0.15) is 0 Å². The number of non-ortho nitro benzene ring substituents is 1. The minimum absolute atomic E-state index is 0.0235. The number of likely N-dealkylation sites (N-methyl/N-ethyl adjacent to an activating group) is 1. The van der Waals surface area contributed by atoms with Gasteiger partial charge in [-0.05, 0) is 62.1 Å². The number of nitro groups is 1. The molecular formula is C31H28ClN5O4. The summed E-state index contributed by atoms with van der Waals surface area (Å²) in [7, 11) is 3.79. The van der Waals surface area contributed by atoms with Crippen molar-refractivity contribution in [2.75, 3.05) is 27.2 Å². The lowest BCUT2D eigenvalue weighted by atomic mass is 10.1. The van der Waals surface area contributed by atoms with E-state index >= 15 is 0 Å². The lowest BCUT2D eigenvalue weighted by molar-refractivity contribution is -0.384. The Kier molecular flexibility index (Phi) is 7.83. The molecule has 10 heteroatoms. The molecule has 0 fully saturated rings. The highest BCUT2D eigenvalue weighted by Gasteiger charge is 2.29. The molecule has 1 atom stereocenters. The zero-order valence-corrected chi connectivity index (χ0v) is 23.6. The molecule has 4 aromatic carbocycles. The van der Waals surface area contributed by atoms with E-state index in [4.69, 9.17) is 16.6 Å². The Balaban J connectivity index is 1.69. The normalized spacial score (nSPS) is 12.1. The van der Waals surface area contributed by atoms with Crippen molar-refractivity contribution >= 4 is 44.9 Å². The molecule has 41 heavy (non-hydrogen) atoms. The lowest BCUT2D eigenvalue weighted by Crippen LogP contribution is -2.41. The van der Waals surface area contributed by atoms with Gasteiger partial charge in [0.05, 0.1) is 38.1 Å². The van der Waals surface area contributed by atoms with Crippen molar-refractivity contribution in [3.63, 3.8) is 0 Å². The van der Waals surface area contributed by atoms with Crippen molar-refractivity contribution in [2.45, 2.75) is 13.0 Å². The molecular weight excluding hydrogens is 542 g/mol. The van der Waals surface area contributed by atoms with Gasteiger partial charge in [0.15, 0.2) is 0 Å². The fraction of sp³-hybridized carbons (Fsp3) is 0.194. The van der Waals surface area contributed by atoms with Crippen molar-refractivity contribution in [2.24, 2.45) is 0 Å². The minimum Gasteiger partial charge on any atom is -0.327 e. The second-order valence-electron chi connectivity index (χ2n) is 10.1. The van der Waals surface area contributed by atoms with Gasteiger partial charge in [0.25, 0.3) is 17.2 Å². The van der Waals surface area contributed by atoms with Crippen LogP contribution >= 0.6 is 11.6 Å². The Hall–Kier alpha value is -4.60. The molecule has 5 aromatic rings. The lowest BCUT2D eigenvalue weighted by Gasteiger charge is -2.32. The molecule has 1 aromatic heterocycles. The van der Waals surface area contributed by atoms with Crippen molar-refractivity contribution in [1.82, 2.24) is 19.4 Å². The third-order valence-corrected chi connectivity index (χ3v) is 7.39. The van der Waals surface area contributed by atoms with Gasteiger partial charge in [0.1, 0.15) is 5.82 Å². The predicted octanol–water partition coefficient (Wildman–Crippen LogP) is 5.87. The first kappa shape index (κ1) is 27.9. The summed E-state index contributed by atoms with van der Waals surface area (Å²) in [5.74, 6) is -0.0409. The van der Waals surface area contributed by atoms with E-state index in [1.165, 1.54) is 18.2 Å². The number of aromatic nitrogens is 2. The van der Waals surface area contributed by atoms with Crippen LogP contribution in [0.15, 0.2) is 89.7 Å². The summed E-state index contributed by atoms with van der Waals surface area (Å²) in [4.78, 5) is 47.1. The third kappa shape index (κ3) is 5.54. The quantitative estimate of drug-likeness (QED) is 0.171. The van der Waals surface area contributed by atoms with Crippen LogP contribution in [0.3, 0.4) is 0 Å². The summed E-state index contributed by atoms with van der Waals surface area (Å²) in [5, 5.41) is 13.7. The average Bonchev–Trinajstić information content (AvgIpc) is 2.96. The van der Waals surface area contributed by atoms with E-state index in [0.29, 0.717) is 35.5 Å². The Bertz CT molecular complexity index is 1850. The number of nitrogens with zero attached hydrogens (tertiary/aromatic N) is 5. The molecule has 0 N–H and O–H groups in total. The molecule has 0 aliphatic heterocycles. The summed E-state index contributed by atoms with van der Waals surface area (Å²) < 4.78 is 1.56. The van der Waals surface area contributed by atoms with Crippen molar-refractivity contribution in [3.05, 3.63) is 122 Å². The standard InChI is InChI=1S/C31H28ClN5O4/c1-20(35(17-16-34(2)3)30(38)25-15-14-24(37(40)41)19-27(25)32)29-33-28-11-7-6-10-26(28)31(39)36(29)23-13-12-21-8-4-5-9-22(21)18-23/h4-15,18-20H,16-17H2,1-3H3. The Morgan fingerprint density at radius 1 is 0.976 bits per heavy atom. The van der Waals surface area contributed by atoms with E-state index < -0.39 is 16.9 Å². The SMILES string of the molecule is CC(c1nc2ccccc2c(=O)n1-c1ccc2ccccc2c1)N(CCN(C)C)C(=O)c1ccc([N+](=O)[O-])cc1Cl. The van der Waals surface area contributed by atoms with Crippen LogP contribution in [0.1, 0.15) is 29.1 Å². The monoisotopic (exact) mass is 569 g/mol. The zero-order valence-electron chi connectivity index (χ0n) is 22.8. The van der Waals surface area contributed by atoms with Crippen LogP contribution in [0.5, 0.6) is 0 Å². The smallest absolute Gasteiger partial charge is 0.270 e. The molecule has 0 saturated carbocycles. The predicted molar refractivity (Wildman–Crippen MR) is 161 cm³/mol. The maximum atomic E-state index is 14.0. The van der Waals surface area contributed by atoms with Gasteiger partial charge in [0, 0.05) is 25.2 Å². The van der Waals surface area contributed by atoms with Crippen LogP contribution in [-0.2, 0) is 0 Å². The number of hydrogen-bond donors (Lipinski definition) is 0. The van der Waals surface area contributed by atoms with Gasteiger partial charge >= 0.3 is 0 Å². The van der Waals surface area contributed by atoms with E-state index in [2.05, 4.69) is 0 Å². The van der Waals surface area contributed by atoms with E-state index in [1.54, 1.807) is 27.7 Å². The number of amides is 1. The Morgan fingerprint density at radius 3 is 2.39 bits per heavy atom. The number of nitro benzene ring substituents is 1. The topological polar surface area (TPSA) is 102 Å². The molecule has 0 bridgehead atoms. The maximum Gasteiger partial charge on any atom is 0.270 e. The zero-order chi connectivity index (χ0) is 29.3. The van der Waals surface area contributed by atoms with Gasteiger partial charge in [0.2, 0.25) is 0 Å². The van der Waals surface area contributed by atoms with Crippen LogP contribution in [-0.4, -0.2) is 57.4 Å². The minimum atomic E-state index is -0.669. The number of benzene rings is 4. The van der Waals surface area contributed by atoms with Crippen LogP contribution in [0, 0.1) is 10.1 Å². The van der Waals surface area contributed by atoms with Gasteiger partial charge in [-0.1, -0.05) is 54.1 Å². The van der Waals surface area contributed by atoms with Crippen LogP contribution < -0.4 is 5.56 Å². The van der Waals surface area contributed by atoms with Gasteiger partial charge < -0.3 is 9.80 Å². The molecule has 0 spiro atoms. The molecule has 0 aliphatic rings. The summed E-state index contributed by atoms with van der Waals surface area (Å²) in [6, 6.07) is 23.9. The van der Waals surface area contributed by atoms with Crippen molar-refractivity contribution < 1.29 is 9.72 Å². The molecule has 208 valence electrons. The average molecular weight is 570 g/mol. The molecule has 1 heterocycles. The first-order valence-corrected chi connectivity index (χ1v) is 13.4. The number of para-hydroxylation sites is 1. The molecule has 1 unspecified atom stereocenters. The molecule has 9 nitrogen and oxygen atoms in total.